The first kappa shape index (κ1) is 10.0. The highest BCUT2D eigenvalue weighted by Crippen LogP contribution is 2.23. The fraction of sp³-hybridized carbons (Fsp3) is 0.714. The molecular weight excluding hydrogens is 187 g/mol. The lowest BCUT2D eigenvalue weighted by Crippen LogP contribution is -2.42. The Kier molecular flexibility index (Phi) is 2.58. The Labute approximate surface area is 72.3 Å². The van der Waals surface area contributed by atoms with E-state index < -0.39 is 24.5 Å². The van der Waals surface area contributed by atoms with E-state index in [0.29, 0.717) is 0 Å². The van der Waals surface area contributed by atoms with Gasteiger partial charge in [0.25, 0.3) is 0 Å². The minimum absolute atomic E-state index is 0.0731. The summed E-state index contributed by atoms with van der Waals surface area (Å²) in [5, 5.41) is 1.73. The second-order valence-corrected chi connectivity index (χ2v) is 2.98. The molecule has 0 bridgehead atoms. The number of carbonyl (C=O) groups is 2. The van der Waals surface area contributed by atoms with Crippen molar-refractivity contribution in [3.63, 3.8) is 0 Å². The van der Waals surface area contributed by atoms with E-state index in [1.165, 1.54) is 0 Å². The standard InChI is InChI=1S/C7H8F3NO2/c8-7(9,10)3-11-6(13)4-1-5(12)2-4/h4H,1-3H2,(H,11,13). The lowest BCUT2D eigenvalue weighted by molar-refractivity contribution is -0.145. The van der Waals surface area contributed by atoms with Crippen molar-refractivity contribution in [2.45, 2.75) is 19.0 Å². The summed E-state index contributed by atoms with van der Waals surface area (Å²) in [6, 6.07) is 0. The third-order valence-corrected chi connectivity index (χ3v) is 1.78. The van der Waals surface area contributed by atoms with Crippen molar-refractivity contribution in [1.82, 2.24) is 5.32 Å². The van der Waals surface area contributed by atoms with Gasteiger partial charge in [0.05, 0.1) is 5.92 Å². The Morgan fingerprint density at radius 3 is 2.38 bits per heavy atom. The number of hydrogen-bond donors (Lipinski definition) is 1. The summed E-state index contributed by atoms with van der Waals surface area (Å²) in [6.45, 7) is -1.32. The van der Waals surface area contributed by atoms with Crippen molar-refractivity contribution >= 4 is 11.7 Å². The molecule has 1 saturated carbocycles. The largest absolute Gasteiger partial charge is 0.405 e. The van der Waals surface area contributed by atoms with Crippen LogP contribution in [0, 0.1) is 5.92 Å². The molecule has 74 valence electrons. The molecule has 0 spiro atoms. The average molecular weight is 195 g/mol. The molecule has 0 saturated heterocycles. The van der Waals surface area contributed by atoms with Gasteiger partial charge in [-0.05, 0) is 0 Å². The highest BCUT2D eigenvalue weighted by atomic mass is 19.4. The maximum atomic E-state index is 11.6. The SMILES string of the molecule is O=C1CC(C(=O)NCC(F)(F)F)C1. The van der Waals surface area contributed by atoms with Gasteiger partial charge >= 0.3 is 6.18 Å². The molecule has 1 aliphatic rings. The van der Waals surface area contributed by atoms with Crippen molar-refractivity contribution in [2.24, 2.45) is 5.92 Å². The highest BCUT2D eigenvalue weighted by molar-refractivity contribution is 5.96. The lowest BCUT2D eigenvalue weighted by atomic mass is 9.83. The Bertz CT molecular complexity index is 228. The van der Waals surface area contributed by atoms with Gasteiger partial charge in [-0.25, -0.2) is 0 Å². The van der Waals surface area contributed by atoms with E-state index >= 15 is 0 Å². The zero-order valence-electron chi connectivity index (χ0n) is 6.65. The van der Waals surface area contributed by atoms with E-state index in [1.54, 1.807) is 5.32 Å². The summed E-state index contributed by atoms with van der Waals surface area (Å²) in [4.78, 5) is 21.3. The molecule has 0 aromatic carbocycles. The summed E-state index contributed by atoms with van der Waals surface area (Å²) in [7, 11) is 0. The second kappa shape index (κ2) is 3.35. The molecule has 0 radical (unpaired) electrons. The van der Waals surface area contributed by atoms with Crippen LogP contribution in [0.25, 0.3) is 0 Å². The monoisotopic (exact) mass is 195 g/mol. The number of alkyl halides is 3. The molecule has 0 atom stereocenters. The van der Waals surface area contributed by atoms with Gasteiger partial charge in [0.2, 0.25) is 5.91 Å². The smallest absolute Gasteiger partial charge is 0.347 e. The summed E-state index contributed by atoms with van der Waals surface area (Å²) in [5.74, 6) is -1.31. The van der Waals surface area contributed by atoms with E-state index in [0.717, 1.165) is 0 Å². The van der Waals surface area contributed by atoms with Crippen LogP contribution in [0.15, 0.2) is 0 Å². The Morgan fingerprint density at radius 1 is 1.46 bits per heavy atom. The number of halogens is 3. The Hall–Kier alpha value is -1.07. The molecule has 0 unspecified atom stereocenters. The molecule has 0 aromatic heterocycles. The molecule has 0 heterocycles. The van der Waals surface area contributed by atoms with Crippen LogP contribution in [-0.4, -0.2) is 24.4 Å². The lowest BCUT2D eigenvalue weighted by Gasteiger charge is -2.23. The summed E-state index contributed by atoms with van der Waals surface area (Å²) in [6.07, 6.45) is -4.24. The maximum Gasteiger partial charge on any atom is 0.405 e. The topological polar surface area (TPSA) is 46.2 Å². The predicted octanol–water partition coefficient (Wildman–Crippen LogP) is 0.644. The van der Waals surface area contributed by atoms with Crippen LogP contribution in [0.5, 0.6) is 0 Å². The quantitative estimate of drug-likeness (QED) is 0.702. The van der Waals surface area contributed by atoms with Gasteiger partial charge in [0.1, 0.15) is 12.3 Å². The molecule has 0 aliphatic heterocycles. The second-order valence-electron chi connectivity index (χ2n) is 2.98. The van der Waals surface area contributed by atoms with E-state index in [2.05, 4.69) is 0 Å². The van der Waals surface area contributed by atoms with E-state index in [-0.39, 0.29) is 18.6 Å². The van der Waals surface area contributed by atoms with Crippen LogP contribution in [0.3, 0.4) is 0 Å². The number of carbonyl (C=O) groups excluding carboxylic acids is 2. The predicted molar refractivity (Wildman–Crippen MR) is 36.8 cm³/mol. The van der Waals surface area contributed by atoms with Crippen molar-refractivity contribution < 1.29 is 22.8 Å². The van der Waals surface area contributed by atoms with Crippen molar-refractivity contribution in [1.29, 1.82) is 0 Å². The minimum atomic E-state index is -4.39. The first-order valence-electron chi connectivity index (χ1n) is 3.74. The van der Waals surface area contributed by atoms with Gasteiger partial charge in [-0.2, -0.15) is 13.2 Å². The number of nitrogens with one attached hydrogen (secondary N) is 1. The van der Waals surface area contributed by atoms with Crippen molar-refractivity contribution in [3.05, 3.63) is 0 Å². The van der Waals surface area contributed by atoms with E-state index in [1.807, 2.05) is 0 Å². The van der Waals surface area contributed by atoms with Crippen LogP contribution < -0.4 is 5.32 Å². The van der Waals surface area contributed by atoms with Gasteiger partial charge in [0, 0.05) is 12.8 Å². The molecule has 3 nitrogen and oxygen atoms in total. The molecule has 1 aliphatic carbocycles. The summed E-state index contributed by atoms with van der Waals surface area (Å²) < 4.78 is 34.8. The average Bonchev–Trinajstić information content (AvgIpc) is 1.93. The van der Waals surface area contributed by atoms with Crippen molar-refractivity contribution in [3.8, 4) is 0 Å². The summed E-state index contributed by atoms with van der Waals surface area (Å²) >= 11 is 0. The zero-order chi connectivity index (χ0) is 10.1. The summed E-state index contributed by atoms with van der Waals surface area (Å²) in [5.41, 5.74) is 0. The van der Waals surface area contributed by atoms with Crippen LogP contribution in [0.4, 0.5) is 13.2 Å². The number of hydrogen-bond acceptors (Lipinski definition) is 2. The van der Waals surface area contributed by atoms with Gasteiger partial charge in [-0.1, -0.05) is 0 Å². The fourth-order valence-corrected chi connectivity index (χ4v) is 1.01. The van der Waals surface area contributed by atoms with E-state index in [9.17, 15) is 22.8 Å². The first-order valence-corrected chi connectivity index (χ1v) is 3.74. The number of ketones is 1. The molecule has 0 aromatic rings. The maximum absolute atomic E-state index is 11.6. The van der Waals surface area contributed by atoms with Gasteiger partial charge in [-0.3, -0.25) is 9.59 Å². The normalized spacial score (nSPS) is 18.2. The molecule has 6 heteroatoms. The molecule has 1 N–H and O–H groups in total. The molecule has 1 amide bonds. The minimum Gasteiger partial charge on any atom is -0.347 e. The molecular formula is C7H8F3NO2. The zero-order valence-corrected chi connectivity index (χ0v) is 6.65. The van der Waals surface area contributed by atoms with Crippen molar-refractivity contribution in [2.75, 3.05) is 6.54 Å². The third-order valence-electron chi connectivity index (χ3n) is 1.78. The number of amides is 1. The van der Waals surface area contributed by atoms with Crippen LogP contribution in [-0.2, 0) is 9.59 Å². The van der Waals surface area contributed by atoms with Gasteiger partial charge in [0.15, 0.2) is 0 Å². The van der Waals surface area contributed by atoms with E-state index in [4.69, 9.17) is 0 Å². The van der Waals surface area contributed by atoms with Crippen LogP contribution in [0.2, 0.25) is 0 Å². The van der Waals surface area contributed by atoms with Gasteiger partial charge < -0.3 is 5.32 Å². The van der Waals surface area contributed by atoms with Crippen LogP contribution >= 0.6 is 0 Å². The molecule has 13 heavy (non-hydrogen) atoms. The molecule has 1 fully saturated rings. The van der Waals surface area contributed by atoms with Crippen LogP contribution in [0.1, 0.15) is 12.8 Å². The molecule has 1 rings (SSSR count). The number of Topliss-reactive ketones (excluding diaryl/α,β-unsaturated/α-hetero) is 1. The number of rotatable bonds is 2. The Morgan fingerprint density at radius 2 is 2.00 bits per heavy atom. The first-order chi connectivity index (χ1) is 5.88. The fourth-order valence-electron chi connectivity index (χ4n) is 1.01. The third kappa shape index (κ3) is 3.04. The Balaban J connectivity index is 2.23. The highest BCUT2D eigenvalue weighted by Gasteiger charge is 2.35. The van der Waals surface area contributed by atoms with Gasteiger partial charge in [-0.15, -0.1) is 0 Å².